The van der Waals surface area contributed by atoms with Crippen molar-refractivity contribution in [1.29, 1.82) is 0 Å². The predicted molar refractivity (Wildman–Crippen MR) is 85.9 cm³/mol. The smallest absolute Gasteiger partial charge is 0.225 e. The van der Waals surface area contributed by atoms with E-state index in [9.17, 15) is 0 Å². The number of rotatable bonds is 4. The van der Waals surface area contributed by atoms with Gasteiger partial charge in [0, 0.05) is 24.4 Å². The van der Waals surface area contributed by atoms with Gasteiger partial charge in [-0.15, -0.1) is 22.7 Å². The van der Waals surface area contributed by atoms with Crippen molar-refractivity contribution in [3.05, 3.63) is 27.5 Å². The van der Waals surface area contributed by atoms with Gasteiger partial charge in [0.1, 0.15) is 10.6 Å². The number of nitrogens with one attached hydrogen (secondary N) is 1. The van der Waals surface area contributed by atoms with E-state index in [1.807, 2.05) is 19.6 Å². The molecule has 5 nitrogen and oxygen atoms in total. The van der Waals surface area contributed by atoms with Gasteiger partial charge in [0.15, 0.2) is 0 Å². The zero-order valence-corrected chi connectivity index (χ0v) is 13.2. The molecule has 3 aromatic heterocycles. The van der Waals surface area contributed by atoms with Gasteiger partial charge in [0.05, 0.1) is 23.1 Å². The first-order valence-electron chi connectivity index (χ1n) is 6.21. The number of hydrogen-bond donors (Lipinski definition) is 1. The number of fused-ring (bicyclic) bond motifs is 1. The van der Waals surface area contributed by atoms with E-state index in [1.165, 1.54) is 4.88 Å². The molecule has 0 saturated heterocycles. The summed E-state index contributed by atoms with van der Waals surface area (Å²) in [6, 6.07) is 2.15. The fourth-order valence-corrected chi connectivity index (χ4v) is 3.49. The lowest BCUT2D eigenvalue weighted by Gasteiger charge is -2.18. The molecule has 0 spiro atoms. The summed E-state index contributed by atoms with van der Waals surface area (Å²) >= 11 is 3.30. The maximum Gasteiger partial charge on any atom is 0.225 e. The Balaban J connectivity index is 2.04. The molecule has 0 aliphatic carbocycles. The SMILES string of the molecule is CNc1nc(N(C)Cc2cscn2)c2cc(C)sc2n1. The van der Waals surface area contributed by atoms with Crippen molar-refractivity contribution >= 4 is 44.7 Å². The van der Waals surface area contributed by atoms with Crippen LogP contribution in [0.25, 0.3) is 10.2 Å². The van der Waals surface area contributed by atoms with Crippen molar-refractivity contribution in [2.24, 2.45) is 0 Å². The minimum absolute atomic E-state index is 0.652. The third-order valence-corrected chi connectivity index (χ3v) is 4.54. The molecule has 0 aliphatic rings. The van der Waals surface area contributed by atoms with E-state index in [0.717, 1.165) is 28.3 Å². The lowest BCUT2D eigenvalue weighted by Crippen LogP contribution is -2.18. The molecule has 0 fully saturated rings. The van der Waals surface area contributed by atoms with Crippen LogP contribution in [0, 0.1) is 6.92 Å². The van der Waals surface area contributed by atoms with Crippen molar-refractivity contribution in [2.75, 3.05) is 24.3 Å². The molecule has 20 heavy (non-hydrogen) atoms. The van der Waals surface area contributed by atoms with Crippen molar-refractivity contribution in [3.63, 3.8) is 0 Å². The fourth-order valence-electron chi connectivity index (χ4n) is 2.06. The predicted octanol–water partition coefficient (Wildman–Crippen LogP) is 3.13. The molecular formula is C13H15N5S2. The zero-order chi connectivity index (χ0) is 14.1. The first-order chi connectivity index (χ1) is 9.67. The molecular weight excluding hydrogens is 290 g/mol. The van der Waals surface area contributed by atoms with Crippen LogP contribution in [0.1, 0.15) is 10.6 Å². The van der Waals surface area contributed by atoms with Crippen LogP contribution in [0.3, 0.4) is 0 Å². The lowest BCUT2D eigenvalue weighted by atomic mass is 10.3. The molecule has 0 aromatic carbocycles. The Hall–Kier alpha value is -1.73. The number of aryl methyl sites for hydroxylation is 1. The topological polar surface area (TPSA) is 53.9 Å². The Morgan fingerprint density at radius 3 is 2.90 bits per heavy atom. The van der Waals surface area contributed by atoms with Gasteiger partial charge in [-0.3, -0.25) is 0 Å². The van der Waals surface area contributed by atoms with E-state index >= 15 is 0 Å². The van der Waals surface area contributed by atoms with Crippen molar-refractivity contribution in [1.82, 2.24) is 15.0 Å². The largest absolute Gasteiger partial charge is 0.357 e. The van der Waals surface area contributed by atoms with Gasteiger partial charge in [-0.2, -0.15) is 4.98 Å². The van der Waals surface area contributed by atoms with Crippen LogP contribution in [-0.4, -0.2) is 29.0 Å². The van der Waals surface area contributed by atoms with Crippen LogP contribution in [0.2, 0.25) is 0 Å². The second-order valence-electron chi connectivity index (χ2n) is 4.53. The summed E-state index contributed by atoms with van der Waals surface area (Å²) in [4.78, 5) is 17.8. The molecule has 3 aromatic rings. The third kappa shape index (κ3) is 2.46. The number of thiazole rings is 1. The molecule has 0 unspecified atom stereocenters. The van der Waals surface area contributed by atoms with Crippen molar-refractivity contribution in [2.45, 2.75) is 13.5 Å². The normalized spacial score (nSPS) is 10.9. The van der Waals surface area contributed by atoms with Crippen molar-refractivity contribution in [3.8, 4) is 0 Å². The quantitative estimate of drug-likeness (QED) is 0.802. The fraction of sp³-hybridized carbons (Fsp3) is 0.308. The van der Waals surface area contributed by atoms with Gasteiger partial charge in [-0.1, -0.05) is 0 Å². The standard InChI is InChI=1S/C13H15N5S2/c1-8-4-10-11(16-13(14-2)17-12(10)20-8)18(3)5-9-6-19-7-15-9/h4,6-7H,5H2,1-3H3,(H,14,16,17). The summed E-state index contributed by atoms with van der Waals surface area (Å²) in [5.74, 6) is 1.59. The molecule has 0 bridgehead atoms. The summed E-state index contributed by atoms with van der Waals surface area (Å²) in [5, 5.41) is 6.19. The summed E-state index contributed by atoms with van der Waals surface area (Å²) in [6.45, 7) is 2.84. The molecule has 1 N–H and O–H groups in total. The van der Waals surface area contributed by atoms with Crippen molar-refractivity contribution < 1.29 is 0 Å². The Kier molecular flexibility index (Phi) is 3.54. The monoisotopic (exact) mass is 305 g/mol. The number of thiophene rings is 1. The molecule has 0 aliphatic heterocycles. The van der Waals surface area contributed by atoms with Crippen LogP contribution >= 0.6 is 22.7 Å². The average Bonchev–Trinajstić information content (AvgIpc) is 3.05. The highest BCUT2D eigenvalue weighted by Gasteiger charge is 2.14. The Morgan fingerprint density at radius 2 is 2.20 bits per heavy atom. The van der Waals surface area contributed by atoms with Gasteiger partial charge >= 0.3 is 0 Å². The first-order valence-corrected chi connectivity index (χ1v) is 7.97. The van der Waals surface area contributed by atoms with Gasteiger partial charge in [-0.05, 0) is 13.0 Å². The molecule has 7 heteroatoms. The summed E-state index contributed by atoms with van der Waals surface area (Å²) in [5.41, 5.74) is 2.91. The molecule has 104 valence electrons. The highest BCUT2D eigenvalue weighted by atomic mass is 32.1. The second kappa shape index (κ2) is 5.34. The van der Waals surface area contributed by atoms with Gasteiger partial charge in [0.2, 0.25) is 5.95 Å². The molecule has 0 saturated carbocycles. The lowest BCUT2D eigenvalue weighted by molar-refractivity contribution is 0.877. The summed E-state index contributed by atoms with van der Waals surface area (Å²) in [7, 11) is 3.87. The van der Waals surface area contributed by atoms with Gasteiger partial charge < -0.3 is 10.2 Å². The highest BCUT2D eigenvalue weighted by Crippen LogP contribution is 2.31. The van der Waals surface area contributed by atoms with Crippen LogP contribution in [0.5, 0.6) is 0 Å². The first kappa shape index (κ1) is 13.3. The van der Waals surface area contributed by atoms with Crippen LogP contribution in [0.4, 0.5) is 11.8 Å². The van der Waals surface area contributed by atoms with Gasteiger partial charge in [-0.25, -0.2) is 9.97 Å². The molecule has 0 atom stereocenters. The van der Waals surface area contributed by atoms with E-state index in [1.54, 1.807) is 22.7 Å². The summed E-state index contributed by atoms with van der Waals surface area (Å²) < 4.78 is 0. The number of hydrogen-bond acceptors (Lipinski definition) is 7. The number of anilines is 2. The third-order valence-electron chi connectivity index (χ3n) is 2.96. The van der Waals surface area contributed by atoms with E-state index in [-0.39, 0.29) is 0 Å². The maximum atomic E-state index is 4.60. The van der Waals surface area contributed by atoms with Crippen LogP contribution in [-0.2, 0) is 6.54 Å². The molecule has 3 rings (SSSR count). The molecule has 3 heterocycles. The molecule has 0 amide bonds. The summed E-state index contributed by atoms with van der Waals surface area (Å²) in [6.07, 6.45) is 0. The van der Waals surface area contributed by atoms with E-state index in [0.29, 0.717) is 5.95 Å². The highest BCUT2D eigenvalue weighted by molar-refractivity contribution is 7.18. The maximum absolute atomic E-state index is 4.60. The Labute approximate surface area is 125 Å². The van der Waals surface area contributed by atoms with E-state index in [2.05, 4.69) is 43.5 Å². The molecule has 0 radical (unpaired) electrons. The second-order valence-corrected chi connectivity index (χ2v) is 6.49. The van der Waals surface area contributed by atoms with E-state index < -0.39 is 0 Å². The minimum Gasteiger partial charge on any atom is -0.357 e. The van der Waals surface area contributed by atoms with E-state index in [4.69, 9.17) is 0 Å². The Bertz CT molecular complexity index is 720. The Morgan fingerprint density at radius 1 is 1.35 bits per heavy atom. The average molecular weight is 305 g/mol. The van der Waals surface area contributed by atoms with Gasteiger partial charge in [0.25, 0.3) is 0 Å². The zero-order valence-electron chi connectivity index (χ0n) is 11.5. The number of nitrogens with zero attached hydrogens (tertiary/aromatic N) is 4. The number of aromatic nitrogens is 3. The minimum atomic E-state index is 0.652. The van der Waals surface area contributed by atoms with Crippen LogP contribution < -0.4 is 10.2 Å². The van der Waals surface area contributed by atoms with Crippen LogP contribution in [0.15, 0.2) is 17.0 Å².